The van der Waals surface area contributed by atoms with Crippen LogP contribution in [0, 0.1) is 5.92 Å². The number of carbonyl (C=O) groups excluding carboxylic acids is 2. The lowest BCUT2D eigenvalue weighted by atomic mass is 10.0. The van der Waals surface area contributed by atoms with E-state index in [1.807, 2.05) is 6.07 Å². The van der Waals surface area contributed by atoms with Crippen LogP contribution in [0.25, 0.3) is 11.3 Å². The Kier molecular flexibility index (Phi) is 5.95. The lowest BCUT2D eigenvalue weighted by Gasteiger charge is -2.17. The minimum Gasteiger partial charge on any atom is -0.325 e. The van der Waals surface area contributed by atoms with E-state index in [4.69, 9.17) is 0 Å². The molecule has 0 saturated carbocycles. The van der Waals surface area contributed by atoms with Gasteiger partial charge < -0.3 is 5.32 Å². The average Bonchev–Trinajstić information content (AvgIpc) is 3.13. The summed E-state index contributed by atoms with van der Waals surface area (Å²) < 4.78 is 28.0. The van der Waals surface area contributed by atoms with Crippen molar-refractivity contribution in [3.05, 3.63) is 72.7 Å². The van der Waals surface area contributed by atoms with Gasteiger partial charge in [-0.2, -0.15) is 10.1 Å². The molecule has 0 aliphatic carbocycles. The molecule has 0 saturated heterocycles. The van der Waals surface area contributed by atoms with Gasteiger partial charge in [-0.3, -0.25) is 19.6 Å². The lowest BCUT2D eigenvalue weighted by Crippen LogP contribution is -2.36. The normalized spacial score (nSPS) is 16.0. The summed E-state index contributed by atoms with van der Waals surface area (Å²) in [5.41, 5.74) is 2.13. The number of hydrogen-bond donors (Lipinski definition) is 1. The van der Waals surface area contributed by atoms with Crippen LogP contribution in [-0.4, -0.2) is 27.5 Å². The first-order chi connectivity index (χ1) is 15.8. The fourth-order valence-corrected chi connectivity index (χ4v) is 3.54. The van der Waals surface area contributed by atoms with Crippen molar-refractivity contribution in [2.24, 2.45) is 11.0 Å². The van der Waals surface area contributed by atoms with E-state index in [2.05, 4.69) is 20.4 Å². The quantitative estimate of drug-likeness (QED) is 0.556. The summed E-state index contributed by atoms with van der Waals surface area (Å²) in [5.74, 6) is -5.34. The van der Waals surface area contributed by atoms with Crippen LogP contribution < -0.4 is 10.3 Å². The minimum absolute atomic E-state index is 0.189. The zero-order valence-electron chi connectivity index (χ0n) is 18.0. The van der Waals surface area contributed by atoms with E-state index in [1.54, 1.807) is 43.7 Å². The third kappa shape index (κ3) is 4.48. The van der Waals surface area contributed by atoms with Crippen molar-refractivity contribution in [3.8, 4) is 11.3 Å². The van der Waals surface area contributed by atoms with E-state index in [-0.39, 0.29) is 17.7 Å². The van der Waals surface area contributed by atoms with Crippen LogP contribution in [0.1, 0.15) is 25.8 Å². The van der Waals surface area contributed by atoms with Gasteiger partial charge in [-0.05, 0) is 31.2 Å². The molecule has 1 aliphatic rings. The molecule has 168 valence electrons. The molecule has 0 fully saturated rings. The molecule has 9 heteroatoms. The van der Waals surface area contributed by atoms with E-state index in [9.17, 15) is 18.4 Å². The number of hydrogen-bond acceptors (Lipinski definition) is 5. The molecule has 1 unspecified atom stereocenters. The van der Waals surface area contributed by atoms with E-state index in [1.165, 1.54) is 36.2 Å². The van der Waals surface area contributed by atoms with Crippen molar-refractivity contribution in [3.63, 3.8) is 0 Å². The number of nitrogens with zero attached hydrogens (tertiary/aromatic N) is 4. The first-order valence-corrected chi connectivity index (χ1v) is 10.3. The number of aromatic nitrogens is 2. The fourth-order valence-electron chi connectivity index (χ4n) is 3.54. The van der Waals surface area contributed by atoms with E-state index in [0.717, 1.165) is 5.56 Å². The fraction of sp³-hybridized carbons (Fsp3) is 0.208. The van der Waals surface area contributed by atoms with E-state index < -0.39 is 23.7 Å². The largest absolute Gasteiger partial charge is 0.325 e. The smallest absolute Gasteiger partial charge is 0.273 e. The maximum Gasteiger partial charge on any atom is 0.273 e. The zero-order valence-corrected chi connectivity index (χ0v) is 18.0. The summed E-state index contributed by atoms with van der Waals surface area (Å²) in [6.07, 6.45) is 4.37. The number of rotatable bonds is 6. The van der Waals surface area contributed by atoms with Crippen LogP contribution in [0.4, 0.5) is 20.2 Å². The van der Waals surface area contributed by atoms with Gasteiger partial charge in [0.25, 0.3) is 11.8 Å². The number of alkyl halides is 2. The molecule has 0 bridgehead atoms. The summed E-state index contributed by atoms with van der Waals surface area (Å²) in [6.45, 7) is 2.96. The Labute approximate surface area is 189 Å². The number of amides is 2. The third-order valence-corrected chi connectivity index (χ3v) is 5.34. The van der Waals surface area contributed by atoms with E-state index >= 15 is 0 Å². The zero-order chi connectivity index (χ0) is 23.6. The number of nitrogens with one attached hydrogen (secondary N) is 1. The van der Waals surface area contributed by atoms with Crippen LogP contribution >= 0.6 is 0 Å². The molecular weight excluding hydrogens is 428 g/mol. The second-order valence-corrected chi connectivity index (χ2v) is 7.59. The maximum atomic E-state index is 14.0. The maximum absolute atomic E-state index is 14.0. The predicted molar refractivity (Wildman–Crippen MR) is 121 cm³/mol. The first-order valence-electron chi connectivity index (χ1n) is 10.3. The second-order valence-electron chi connectivity index (χ2n) is 7.59. The van der Waals surface area contributed by atoms with Crippen molar-refractivity contribution >= 4 is 28.9 Å². The van der Waals surface area contributed by atoms with Crippen LogP contribution in [0.3, 0.4) is 0 Å². The predicted octanol–water partition coefficient (Wildman–Crippen LogP) is 4.62. The van der Waals surface area contributed by atoms with Crippen LogP contribution in [0.15, 0.2) is 72.2 Å². The highest BCUT2D eigenvalue weighted by molar-refractivity contribution is 6.28. The van der Waals surface area contributed by atoms with Gasteiger partial charge in [0, 0.05) is 35.6 Å². The van der Waals surface area contributed by atoms with Crippen molar-refractivity contribution in [2.45, 2.75) is 26.2 Å². The minimum atomic E-state index is -3.01. The van der Waals surface area contributed by atoms with Gasteiger partial charge in [-0.25, -0.2) is 8.78 Å². The standard InChI is InChI=1S/C24H21F2N5O2/c1-3-24(25,26)17-7-5-8-18(13-17)29-22(32)21-15(2)30-31(23(21)33)19-9-4-6-16(12-19)20-14-27-10-11-28-20/h4-14,21H,3H2,1-2H3,(H,29,32). The average molecular weight is 449 g/mol. The molecule has 2 amide bonds. The van der Waals surface area contributed by atoms with Crippen LogP contribution in [0.5, 0.6) is 0 Å². The summed E-state index contributed by atoms with van der Waals surface area (Å²) in [4.78, 5) is 34.3. The van der Waals surface area contributed by atoms with Gasteiger partial charge in [0.05, 0.1) is 23.3 Å². The number of anilines is 2. The highest BCUT2D eigenvalue weighted by Crippen LogP contribution is 2.33. The molecule has 3 aromatic rings. The van der Waals surface area contributed by atoms with Crippen molar-refractivity contribution in [1.29, 1.82) is 0 Å². The van der Waals surface area contributed by atoms with Crippen molar-refractivity contribution < 1.29 is 18.4 Å². The highest BCUT2D eigenvalue weighted by Gasteiger charge is 2.40. The molecule has 2 heterocycles. The molecule has 1 atom stereocenters. The Morgan fingerprint density at radius 1 is 1.15 bits per heavy atom. The molecule has 1 aromatic heterocycles. The van der Waals surface area contributed by atoms with Crippen LogP contribution in [0.2, 0.25) is 0 Å². The molecule has 4 rings (SSSR count). The Morgan fingerprint density at radius 3 is 2.67 bits per heavy atom. The monoisotopic (exact) mass is 449 g/mol. The number of halogens is 2. The molecule has 2 aromatic carbocycles. The van der Waals surface area contributed by atoms with Gasteiger partial charge in [0.1, 0.15) is 0 Å². The van der Waals surface area contributed by atoms with Gasteiger partial charge in [0.2, 0.25) is 5.91 Å². The number of hydrazone groups is 1. The van der Waals surface area contributed by atoms with Crippen LogP contribution in [-0.2, 0) is 15.5 Å². The molecule has 1 aliphatic heterocycles. The second kappa shape index (κ2) is 8.85. The Hall–Kier alpha value is -4.01. The summed E-state index contributed by atoms with van der Waals surface area (Å²) in [6, 6.07) is 12.5. The topological polar surface area (TPSA) is 87.5 Å². The highest BCUT2D eigenvalue weighted by atomic mass is 19.3. The molecule has 33 heavy (non-hydrogen) atoms. The number of carbonyl (C=O) groups is 2. The van der Waals surface area contributed by atoms with Gasteiger partial charge in [-0.15, -0.1) is 0 Å². The number of benzene rings is 2. The Morgan fingerprint density at radius 2 is 1.94 bits per heavy atom. The first kappa shape index (κ1) is 22.2. The molecule has 1 N–H and O–H groups in total. The van der Waals surface area contributed by atoms with Gasteiger partial charge in [-0.1, -0.05) is 31.2 Å². The molecule has 7 nitrogen and oxygen atoms in total. The summed E-state index contributed by atoms with van der Waals surface area (Å²) in [5, 5.41) is 8.01. The Balaban J connectivity index is 1.54. The molecular formula is C24H21F2N5O2. The lowest BCUT2D eigenvalue weighted by molar-refractivity contribution is -0.127. The SMILES string of the molecule is CCC(F)(F)c1cccc(NC(=O)C2C(=O)N(c3cccc(-c4cnccn4)c3)N=C2C)c1. The third-order valence-electron chi connectivity index (χ3n) is 5.34. The van der Waals surface area contributed by atoms with Gasteiger partial charge >= 0.3 is 0 Å². The molecule has 0 radical (unpaired) electrons. The van der Waals surface area contributed by atoms with Gasteiger partial charge in [0.15, 0.2) is 5.92 Å². The van der Waals surface area contributed by atoms with Crippen molar-refractivity contribution in [1.82, 2.24) is 9.97 Å². The summed E-state index contributed by atoms with van der Waals surface area (Å²) in [7, 11) is 0. The van der Waals surface area contributed by atoms with Crippen molar-refractivity contribution in [2.75, 3.05) is 10.3 Å². The molecule has 0 spiro atoms. The summed E-state index contributed by atoms with van der Waals surface area (Å²) >= 11 is 0. The van der Waals surface area contributed by atoms with E-state index in [0.29, 0.717) is 17.1 Å². The Bertz CT molecular complexity index is 1230.